The normalized spacial score (nSPS) is 14.7. The molecule has 0 spiro atoms. The van der Waals surface area contributed by atoms with Crippen LogP contribution >= 0.6 is 0 Å². The smallest absolute Gasteiger partial charge is 0.408 e. The molecule has 1 fully saturated rings. The molecule has 2 unspecified atom stereocenters. The predicted molar refractivity (Wildman–Crippen MR) is 139 cm³/mol. The van der Waals surface area contributed by atoms with Gasteiger partial charge in [-0.3, -0.25) is 14.4 Å². The van der Waals surface area contributed by atoms with Crippen LogP contribution in [0, 0.1) is 6.92 Å². The van der Waals surface area contributed by atoms with E-state index >= 15 is 0 Å². The van der Waals surface area contributed by atoms with Crippen LogP contribution in [-0.2, 0) is 25.7 Å². The molecule has 1 saturated carbocycles. The van der Waals surface area contributed by atoms with Crippen LogP contribution in [-0.4, -0.2) is 46.4 Å². The van der Waals surface area contributed by atoms with Gasteiger partial charge in [0.1, 0.15) is 17.7 Å². The van der Waals surface area contributed by atoms with Gasteiger partial charge < -0.3 is 26.0 Å². The van der Waals surface area contributed by atoms with E-state index in [4.69, 9.17) is 10.5 Å². The lowest BCUT2D eigenvalue weighted by molar-refractivity contribution is -0.144. The number of nitrogens with one attached hydrogen (secondary N) is 2. The summed E-state index contributed by atoms with van der Waals surface area (Å²) in [5.41, 5.74) is 7.18. The molecule has 37 heavy (non-hydrogen) atoms. The second kappa shape index (κ2) is 11.9. The third-order valence-corrected chi connectivity index (χ3v) is 5.82. The highest BCUT2D eigenvalue weighted by atomic mass is 16.6. The molecule has 4 amide bonds. The zero-order chi connectivity index (χ0) is 27.2. The van der Waals surface area contributed by atoms with Crippen molar-refractivity contribution in [3.8, 4) is 0 Å². The van der Waals surface area contributed by atoms with Gasteiger partial charge in [0.25, 0.3) is 0 Å². The maximum atomic E-state index is 13.9. The zero-order valence-electron chi connectivity index (χ0n) is 21.8. The number of aryl methyl sites for hydroxylation is 1. The SMILES string of the molecule is Cc1ccc(C(C(=O)NCc2ccccc2)N(C(=O)C(CC(N)=O)NC(=O)OC(C)(C)C)C2CC2)cc1. The standard InChI is InChI=1S/C28H36N4O5/c1-18-10-12-20(13-11-18)24(25(34)30-17-19-8-6-5-7-9-19)32(21-14-15-21)26(35)22(16-23(29)33)31-27(36)37-28(2,3)4/h5-13,21-22,24H,14-17H2,1-4H3,(H2,29,33)(H,30,34)(H,31,36). The highest BCUT2D eigenvalue weighted by Gasteiger charge is 2.44. The van der Waals surface area contributed by atoms with Crippen LogP contribution in [0.4, 0.5) is 4.79 Å². The number of hydrogen-bond donors (Lipinski definition) is 3. The van der Waals surface area contributed by atoms with Crippen molar-refractivity contribution in [2.75, 3.05) is 0 Å². The highest BCUT2D eigenvalue weighted by Crippen LogP contribution is 2.36. The number of primary amides is 1. The van der Waals surface area contributed by atoms with Crippen molar-refractivity contribution in [2.45, 2.75) is 77.2 Å². The van der Waals surface area contributed by atoms with Crippen molar-refractivity contribution in [1.29, 1.82) is 0 Å². The van der Waals surface area contributed by atoms with E-state index in [0.29, 0.717) is 18.4 Å². The molecule has 3 rings (SSSR count). The molecule has 0 saturated heterocycles. The Balaban J connectivity index is 1.92. The van der Waals surface area contributed by atoms with Crippen LogP contribution in [0.3, 0.4) is 0 Å². The monoisotopic (exact) mass is 508 g/mol. The van der Waals surface area contributed by atoms with Crippen LogP contribution < -0.4 is 16.4 Å². The van der Waals surface area contributed by atoms with Gasteiger partial charge in [-0.2, -0.15) is 0 Å². The molecule has 9 nitrogen and oxygen atoms in total. The van der Waals surface area contributed by atoms with E-state index in [1.54, 1.807) is 20.8 Å². The average Bonchev–Trinajstić information content (AvgIpc) is 3.65. The van der Waals surface area contributed by atoms with Crippen molar-refractivity contribution in [2.24, 2.45) is 5.73 Å². The van der Waals surface area contributed by atoms with Crippen LogP contribution in [0.1, 0.15) is 62.8 Å². The fourth-order valence-electron chi connectivity index (χ4n) is 3.97. The van der Waals surface area contributed by atoms with Gasteiger partial charge in [-0.25, -0.2) is 4.79 Å². The first-order valence-corrected chi connectivity index (χ1v) is 12.4. The molecule has 9 heteroatoms. The Labute approximate surface area is 217 Å². The number of ether oxygens (including phenoxy) is 1. The number of rotatable bonds is 10. The Morgan fingerprint density at radius 3 is 2.19 bits per heavy atom. The first-order chi connectivity index (χ1) is 17.4. The lowest BCUT2D eigenvalue weighted by Gasteiger charge is -2.34. The summed E-state index contributed by atoms with van der Waals surface area (Å²) >= 11 is 0. The molecular weight excluding hydrogens is 472 g/mol. The maximum Gasteiger partial charge on any atom is 0.408 e. The van der Waals surface area contributed by atoms with Gasteiger partial charge in [-0.05, 0) is 51.7 Å². The molecule has 4 N–H and O–H groups in total. The van der Waals surface area contributed by atoms with Crippen molar-refractivity contribution in [3.63, 3.8) is 0 Å². The van der Waals surface area contributed by atoms with E-state index in [9.17, 15) is 19.2 Å². The minimum Gasteiger partial charge on any atom is -0.444 e. The Bertz CT molecular complexity index is 1110. The molecule has 198 valence electrons. The van der Waals surface area contributed by atoms with Crippen molar-refractivity contribution < 1.29 is 23.9 Å². The van der Waals surface area contributed by atoms with Crippen LogP contribution in [0.25, 0.3) is 0 Å². The van der Waals surface area contributed by atoms with Crippen molar-refractivity contribution in [3.05, 3.63) is 71.3 Å². The molecule has 2 aromatic rings. The number of carbonyl (C=O) groups is 4. The largest absolute Gasteiger partial charge is 0.444 e. The third kappa shape index (κ3) is 8.34. The summed E-state index contributed by atoms with van der Waals surface area (Å²) in [5.74, 6) is -1.68. The Kier molecular flexibility index (Phi) is 8.91. The molecule has 0 aliphatic heterocycles. The zero-order valence-corrected chi connectivity index (χ0v) is 21.8. The summed E-state index contributed by atoms with van der Waals surface area (Å²) in [6.07, 6.45) is 0.141. The second-order valence-electron chi connectivity index (χ2n) is 10.4. The number of nitrogens with zero attached hydrogens (tertiary/aromatic N) is 1. The Morgan fingerprint density at radius 2 is 1.65 bits per heavy atom. The molecule has 0 radical (unpaired) electrons. The molecule has 2 aromatic carbocycles. The number of nitrogens with two attached hydrogens (primary N) is 1. The summed E-state index contributed by atoms with van der Waals surface area (Å²) in [4.78, 5) is 53.3. The number of amides is 4. The Morgan fingerprint density at radius 1 is 1.03 bits per heavy atom. The molecular formula is C28H36N4O5. The minimum absolute atomic E-state index is 0.211. The molecule has 1 aliphatic rings. The van der Waals surface area contributed by atoms with Gasteiger partial charge >= 0.3 is 6.09 Å². The van der Waals surface area contributed by atoms with Gasteiger partial charge in [-0.1, -0.05) is 60.2 Å². The van der Waals surface area contributed by atoms with E-state index in [1.807, 2.05) is 61.5 Å². The average molecular weight is 509 g/mol. The van der Waals surface area contributed by atoms with E-state index in [0.717, 1.165) is 11.1 Å². The van der Waals surface area contributed by atoms with Gasteiger partial charge in [0.15, 0.2) is 0 Å². The lowest BCUT2D eigenvalue weighted by atomic mass is 10.0. The van der Waals surface area contributed by atoms with Gasteiger partial charge in [0.2, 0.25) is 17.7 Å². The first kappa shape index (κ1) is 27.7. The van der Waals surface area contributed by atoms with Crippen LogP contribution in [0.2, 0.25) is 0 Å². The quantitative estimate of drug-likeness (QED) is 0.454. The van der Waals surface area contributed by atoms with E-state index in [2.05, 4.69) is 10.6 Å². The van der Waals surface area contributed by atoms with Gasteiger partial charge in [0, 0.05) is 12.6 Å². The van der Waals surface area contributed by atoms with E-state index in [-0.39, 0.29) is 18.5 Å². The first-order valence-electron chi connectivity index (χ1n) is 12.4. The number of carbonyl (C=O) groups excluding carboxylic acids is 4. The predicted octanol–water partition coefficient (Wildman–Crippen LogP) is 3.11. The molecule has 2 atom stereocenters. The molecule has 0 bridgehead atoms. The number of hydrogen-bond acceptors (Lipinski definition) is 5. The topological polar surface area (TPSA) is 131 Å². The fraction of sp³-hybridized carbons (Fsp3) is 0.429. The molecule has 0 heterocycles. The molecule has 0 aromatic heterocycles. The van der Waals surface area contributed by atoms with Crippen LogP contribution in [0.15, 0.2) is 54.6 Å². The maximum absolute atomic E-state index is 13.9. The summed E-state index contributed by atoms with van der Waals surface area (Å²) in [5, 5.41) is 5.44. The number of alkyl carbamates (subject to hydrolysis) is 1. The summed E-state index contributed by atoms with van der Waals surface area (Å²) in [6, 6.07) is 14.4. The summed E-state index contributed by atoms with van der Waals surface area (Å²) in [6.45, 7) is 7.30. The highest BCUT2D eigenvalue weighted by molar-refractivity contribution is 5.95. The Hall–Kier alpha value is -3.88. The number of benzene rings is 2. The summed E-state index contributed by atoms with van der Waals surface area (Å²) in [7, 11) is 0. The van der Waals surface area contributed by atoms with Crippen LogP contribution in [0.5, 0.6) is 0 Å². The van der Waals surface area contributed by atoms with Gasteiger partial charge in [-0.15, -0.1) is 0 Å². The van der Waals surface area contributed by atoms with Gasteiger partial charge in [0.05, 0.1) is 6.42 Å². The lowest BCUT2D eigenvalue weighted by Crippen LogP contribution is -2.54. The van der Waals surface area contributed by atoms with Crippen molar-refractivity contribution >= 4 is 23.8 Å². The van der Waals surface area contributed by atoms with Crippen molar-refractivity contribution in [1.82, 2.24) is 15.5 Å². The fourth-order valence-corrected chi connectivity index (χ4v) is 3.97. The summed E-state index contributed by atoms with van der Waals surface area (Å²) < 4.78 is 5.30. The second-order valence-corrected chi connectivity index (χ2v) is 10.4. The molecule has 1 aliphatic carbocycles. The third-order valence-electron chi connectivity index (χ3n) is 5.82. The van der Waals surface area contributed by atoms with E-state index < -0.39 is 42.0 Å². The minimum atomic E-state index is -1.28. The van der Waals surface area contributed by atoms with E-state index in [1.165, 1.54) is 4.90 Å².